The first-order chi connectivity index (χ1) is 12.9. The van der Waals surface area contributed by atoms with Gasteiger partial charge in [0.2, 0.25) is 5.91 Å². The lowest BCUT2D eigenvalue weighted by Gasteiger charge is -2.16. The van der Waals surface area contributed by atoms with E-state index in [0.29, 0.717) is 17.9 Å². The zero-order valence-electron chi connectivity index (χ0n) is 15.5. The van der Waals surface area contributed by atoms with E-state index in [1.54, 1.807) is 11.9 Å². The number of aryl methyl sites for hydroxylation is 1. The maximum absolute atomic E-state index is 12.8. The first kappa shape index (κ1) is 18.8. The average molecular weight is 379 g/mol. The van der Waals surface area contributed by atoms with Crippen LogP contribution in [0.5, 0.6) is 0 Å². The molecule has 0 spiro atoms. The molecule has 138 valence electrons. The van der Waals surface area contributed by atoms with Gasteiger partial charge in [-0.25, -0.2) is 4.98 Å². The fraction of sp³-hybridized carbons (Fsp3) is 0.190. The Labute approximate surface area is 162 Å². The lowest BCUT2D eigenvalue weighted by molar-refractivity contribution is -0.114. The van der Waals surface area contributed by atoms with Crippen LogP contribution in [-0.2, 0) is 11.3 Å². The molecule has 0 saturated carbocycles. The third kappa shape index (κ3) is 4.60. The van der Waals surface area contributed by atoms with Crippen molar-refractivity contribution in [2.24, 2.45) is 0 Å². The monoisotopic (exact) mass is 379 g/mol. The van der Waals surface area contributed by atoms with E-state index >= 15 is 0 Å². The van der Waals surface area contributed by atoms with Gasteiger partial charge in [0.05, 0.1) is 0 Å². The molecule has 2 aromatic carbocycles. The summed E-state index contributed by atoms with van der Waals surface area (Å²) < 4.78 is 0. The SMILES string of the molecule is CC(=O)Nc1cccc(-c2nc(C(=O)N(C)Cc3ccccc3)c(C)s2)c1. The minimum Gasteiger partial charge on any atom is -0.336 e. The van der Waals surface area contributed by atoms with Crippen molar-refractivity contribution in [2.75, 3.05) is 12.4 Å². The fourth-order valence-electron chi connectivity index (χ4n) is 2.76. The average Bonchev–Trinajstić information content (AvgIpc) is 3.03. The minimum absolute atomic E-state index is 0.100. The number of carbonyl (C=O) groups is 2. The number of hydrogen-bond donors (Lipinski definition) is 1. The second kappa shape index (κ2) is 8.14. The van der Waals surface area contributed by atoms with E-state index in [4.69, 9.17) is 0 Å². The summed E-state index contributed by atoms with van der Waals surface area (Å²) in [6.07, 6.45) is 0. The van der Waals surface area contributed by atoms with Crippen molar-refractivity contribution in [3.63, 3.8) is 0 Å². The highest BCUT2D eigenvalue weighted by Gasteiger charge is 2.20. The minimum atomic E-state index is -0.124. The van der Waals surface area contributed by atoms with Gasteiger partial charge in [0.25, 0.3) is 5.91 Å². The van der Waals surface area contributed by atoms with Gasteiger partial charge in [0.1, 0.15) is 10.7 Å². The topological polar surface area (TPSA) is 62.3 Å². The molecule has 1 heterocycles. The number of hydrogen-bond acceptors (Lipinski definition) is 4. The zero-order valence-corrected chi connectivity index (χ0v) is 16.3. The van der Waals surface area contributed by atoms with Crippen LogP contribution < -0.4 is 5.32 Å². The lowest BCUT2D eigenvalue weighted by Crippen LogP contribution is -2.27. The molecule has 2 amide bonds. The molecule has 0 unspecified atom stereocenters. The number of aromatic nitrogens is 1. The van der Waals surface area contributed by atoms with Crippen molar-refractivity contribution in [1.29, 1.82) is 0 Å². The Morgan fingerprint density at radius 3 is 2.56 bits per heavy atom. The van der Waals surface area contributed by atoms with E-state index in [1.165, 1.54) is 18.3 Å². The van der Waals surface area contributed by atoms with Gasteiger partial charge in [0, 0.05) is 36.6 Å². The molecule has 0 fully saturated rings. The third-order valence-electron chi connectivity index (χ3n) is 4.04. The van der Waals surface area contributed by atoms with Crippen LogP contribution >= 0.6 is 11.3 Å². The third-order valence-corrected chi connectivity index (χ3v) is 5.06. The summed E-state index contributed by atoms with van der Waals surface area (Å²) in [7, 11) is 1.78. The predicted octanol–water partition coefficient (Wildman–Crippen LogP) is 4.35. The van der Waals surface area contributed by atoms with E-state index in [9.17, 15) is 9.59 Å². The number of nitrogens with one attached hydrogen (secondary N) is 1. The Hall–Kier alpha value is -2.99. The number of benzene rings is 2. The number of thiazole rings is 1. The van der Waals surface area contributed by atoms with Crippen LogP contribution in [0.25, 0.3) is 10.6 Å². The van der Waals surface area contributed by atoms with Crippen molar-refractivity contribution in [2.45, 2.75) is 20.4 Å². The molecule has 6 heteroatoms. The van der Waals surface area contributed by atoms with Crippen LogP contribution in [0.1, 0.15) is 27.9 Å². The van der Waals surface area contributed by atoms with Crippen LogP contribution in [0.15, 0.2) is 54.6 Å². The van der Waals surface area contributed by atoms with Crippen LogP contribution in [0.4, 0.5) is 5.69 Å². The fourth-order valence-corrected chi connectivity index (χ4v) is 3.66. The molecule has 27 heavy (non-hydrogen) atoms. The molecule has 1 N–H and O–H groups in total. The van der Waals surface area contributed by atoms with Crippen LogP contribution in [0.2, 0.25) is 0 Å². The van der Waals surface area contributed by atoms with Crippen molar-refractivity contribution >= 4 is 28.8 Å². The van der Waals surface area contributed by atoms with Crippen molar-refractivity contribution in [3.8, 4) is 10.6 Å². The summed E-state index contributed by atoms with van der Waals surface area (Å²) in [4.78, 5) is 31.2. The predicted molar refractivity (Wildman–Crippen MR) is 109 cm³/mol. The number of carbonyl (C=O) groups excluding carboxylic acids is 2. The highest BCUT2D eigenvalue weighted by molar-refractivity contribution is 7.15. The Kier molecular flexibility index (Phi) is 5.66. The maximum atomic E-state index is 12.8. The van der Waals surface area contributed by atoms with Gasteiger partial charge in [-0.05, 0) is 24.6 Å². The molecule has 3 aromatic rings. The van der Waals surface area contributed by atoms with E-state index in [2.05, 4.69) is 10.3 Å². The molecular formula is C21H21N3O2S. The van der Waals surface area contributed by atoms with E-state index in [0.717, 1.165) is 21.0 Å². The van der Waals surface area contributed by atoms with Crippen LogP contribution in [-0.4, -0.2) is 28.7 Å². The van der Waals surface area contributed by atoms with E-state index in [1.807, 2.05) is 61.5 Å². The molecule has 3 rings (SSSR count). The first-order valence-corrected chi connectivity index (χ1v) is 9.40. The summed E-state index contributed by atoms with van der Waals surface area (Å²) >= 11 is 1.48. The number of rotatable bonds is 5. The second-order valence-electron chi connectivity index (χ2n) is 6.33. The quantitative estimate of drug-likeness (QED) is 0.717. The van der Waals surface area contributed by atoms with Gasteiger partial charge >= 0.3 is 0 Å². The molecular weight excluding hydrogens is 358 g/mol. The summed E-state index contributed by atoms with van der Waals surface area (Å²) in [5.74, 6) is -0.224. The smallest absolute Gasteiger partial charge is 0.273 e. The molecule has 0 atom stereocenters. The molecule has 0 aliphatic rings. The highest BCUT2D eigenvalue weighted by atomic mass is 32.1. The Morgan fingerprint density at radius 2 is 1.85 bits per heavy atom. The zero-order chi connectivity index (χ0) is 19.4. The van der Waals surface area contributed by atoms with E-state index in [-0.39, 0.29) is 11.8 Å². The molecule has 0 saturated heterocycles. The van der Waals surface area contributed by atoms with Gasteiger partial charge in [0.15, 0.2) is 0 Å². The second-order valence-corrected chi connectivity index (χ2v) is 7.54. The highest BCUT2D eigenvalue weighted by Crippen LogP contribution is 2.30. The molecule has 0 bridgehead atoms. The summed E-state index contributed by atoms with van der Waals surface area (Å²) in [5.41, 5.74) is 3.13. The van der Waals surface area contributed by atoms with E-state index < -0.39 is 0 Å². The molecule has 1 aromatic heterocycles. The maximum Gasteiger partial charge on any atom is 0.273 e. The van der Waals surface area contributed by atoms with Gasteiger partial charge < -0.3 is 10.2 Å². The summed E-state index contributed by atoms with van der Waals surface area (Å²) in [5, 5.41) is 3.53. The number of amides is 2. The largest absolute Gasteiger partial charge is 0.336 e. The molecule has 0 aliphatic carbocycles. The molecule has 0 aliphatic heterocycles. The lowest BCUT2D eigenvalue weighted by atomic mass is 10.2. The van der Waals surface area contributed by atoms with Gasteiger partial charge in [-0.15, -0.1) is 11.3 Å². The van der Waals surface area contributed by atoms with Gasteiger partial charge in [-0.2, -0.15) is 0 Å². The van der Waals surface area contributed by atoms with Crippen molar-refractivity contribution < 1.29 is 9.59 Å². The standard InChI is InChI=1S/C21H21N3O2S/c1-14-19(21(26)24(3)13-16-8-5-4-6-9-16)23-20(27-14)17-10-7-11-18(12-17)22-15(2)25/h4-12H,13H2,1-3H3,(H,22,25). The first-order valence-electron chi connectivity index (χ1n) is 8.59. The summed E-state index contributed by atoms with van der Waals surface area (Å²) in [6, 6.07) is 17.3. The van der Waals surface area contributed by atoms with Crippen LogP contribution in [0.3, 0.4) is 0 Å². The normalized spacial score (nSPS) is 10.5. The van der Waals surface area contributed by atoms with Crippen molar-refractivity contribution in [1.82, 2.24) is 9.88 Å². The Balaban J connectivity index is 1.81. The number of nitrogens with zero attached hydrogens (tertiary/aromatic N) is 2. The van der Waals surface area contributed by atoms with Gasteiger partial charge in [-0.3, -0.25) is 9.59 Å². The van der Waals surface area contributed by atoms with Crippen LogP contribution in [0, 0.1) is 6.92 Å². The Morgan fingerprint density at radius 1 is 1.11 bits per heavy atom. The molecule has 0 radical (unpaired) electrons. The Bertz CT molecular complexity index is 967. The number of anilines is 1. The van der Waals surface area contributed by atoms with Gasteiger partial charge in [-0.1, -0.05) is 42.5 Å². The summed E-state index contributed by atoms with van der Waals surface area (Å²) in [6.45, 7) is 3.91. The van der Waals surface area contributed by atoms with Crippen molar-refractivity contribution in [3.05, 3.63) is 70.7 Å². The molecule has 5 nitrogen and oxygen atoms in total.